The second-order valence-electron chi connectivity index (χ2n) is 9.29. The van der Waals surface area contributed by atoms with Crippen LogP contribution in [0.15, 0.2) is 83.1 Å². The van der Waals surface area contributed by atoms with E-state index in [1.807, 2.05) is 12.1 Å². The van der Waals surface area contributed by atoms with E-state index in [1.54, 1.807) is 6.07 Å². The Morgan fingerprint density at radius 1 is 1.06 bits per heavy atom. The first-order valence-corrected chi connectivity index (χ1v) is 12.7. The molecule has 178 valence electrons. The number of benzene rings is 2. The van der Waals surface area contributed by atoms with E-state index in [0.717, 1.165) is 42.5 Å². The fourth-order valence-electron chi connectivity index (χ4n) is 5.24. The Bertz CT molecular complexity index is 1060. The molecule has 1 saturated heterocycles. The molecular formula is C30H36N2O2. The lowest BCUT2D eigenvalue weighted by atomic mass is 9.84. The summed E-state index contributed by atoms with van der Waals surface area (Å²) in [4.78, 5) is 13.8. The zero-order chi connectivity index (χ0) is 23.8. The molecule has 34 heavy (non-hydrogen) atoms. The Labute approximate surface area is 203 Å². The van der Waals surface area contributed by atoms with Crippen molar-refractivity contribution in [1.82, 2.24) is 4.90 Å². The standard InChI is InChI=1S/C30H36N2O2/c1-2-32-19-17-24(18-20-32)23-13-15-26(16-14-23)30(27-10-6-11-28(22-27)31-34)29(12-7-21-33)25-8-4-3-5-9-25/h4,6,8-11,13-16,22,24,33H,2-3,5,7,12,17-21H2,1H3/b30-29+. The van der Waals surface area contributed by atoms with E-state index in [2.05, 4.69) is 65.6 Å². The van der Waals surface area contributed by atoms with E-state index in [1.165, 1.54) is 42.6 Å². The van der Waals surface area contributed by atoms with Crippen molar-refractivity contribution in [2.24, 2.45) is 5.18 Å². The average Bonchev–Trinajstić information content (AvgIpc) is 2.92. The van der Waals surface area contributed by atoms with Gasteiger partial charge in [-0.15, -0.1) is 4.91 Å². The molecule has 4 heteroatoms. The molecule has 0 amide bonds. The van der Waals surface area contributed by atoms with Crippen LogP contribution in [0.25, 0.3) is 5.57 Å². The first-order chi connectivity index (χ1) is 16.7. The third-order valence-corrected chi connectivity index (χ3v) is 7.18. The summed E-state index contributed by atoms with van der Waals surface area (Å²) < 4.78 is 0. The van der Waals surface area contributed by atoms with Crippen LogP contribution >= 0.6 is 0 Å². The maximum atomic E-state index is 11.3. The van der Waals surface area contributed by atoms with Gasteiger partial charge in [0.15, 0.2) is 0 Å². The van der Waals surface area contributed by atoms with Gasteiger partial charge in [-0.05, 0) is 115 Å². The number of rotatable bonds is 9. The number of nitrogens with zero attached hydrogens (tertiary/aromatic N) is 2. The molecule has 0 unspecified atom stereocenters. The molecule has 1 N–H and O–H groups in total. The predicted molar refractivity (Wildman–Crippen MR) is 141 cm³/mol. The molecule has 1 fully saturated rings. The first-order valence-electron chi connectivity index (χ1n) is 12.7. The van der Waals surface area contributed by atoms with Crippen molar-refractivity contribution in [3.63, 3.8) is 0 Å². The van der Waals surface area contributed by atoms with Gasteiger partial charge in [-0.1, -0.05) is 61.5 Å². The highest BCUT2D eigenvalue weighted by Crippen LogP contribution is 2.37. The lowest BCUT2D eigenvalue weighted by molar-refractivity contribution is 0.222. The monoisotopic (exact) mass is 456 g/mol. The van der Waals surface area contributed by atoms with E-state index < -0.39 is 0 Å². The molecule has 0 aromatic heterocycles. The Balaban J connectivity index is 1.76. The summed E-state index contributed by atoms with van der Waals surface area (Å²) in [7, 11) is 0. The minimum absolute atomic E-state index is 0.152. The van der Waals surface area contributed by atoms with Gasteiger partial charge in [0.1, 0.15) is 5.69 Å². The van der Waals surface area contributed by atoms with Crippen LogP contribution in [0, 0.1) is 4.91 Å². The maximum absolute atomic E-state index is 11.3. The summed E-state index contributed by atoms with van der Waals surface area (Å²) in [6.45, 7) is 5.87. The highest BCUT2D eigenvalue weighted by molar-refractivity contribution is 5.86. The minimum Gasteiger partial charge on any atom is -0.396 e. The lowest BCUT2D eigenvalue weighted by Crippen LogP contribution is -2.32. The van der Waals surface area contributed by atoms with Crippen LogP contribution in [0.3, 0.4) is 0 Å². The molecule has 0 radical (unpaired) electrons. The summed E-state index contributed by atoms with van der Waals surface area (Å²) in [6.07, 6.45) is 12.7. The van der Waals surface area contributed by atoms with Gasteiger partial charge >= 0.3 is 0 Å². The van der Waals surface area contributed by atoms with Crippen LogP contribution in [0.4, 0.5) is 5.69 Å². The second kappa shape index (κ2) is 12.0. The van der Waals surface area contributed by atoms with Gasteiger partial charge in [-0.2, -0.15) is 0 Å². The van der Waals surface area contributed by atoms with Crippen molar-refractivity contribution >= 4 is 11.3 Å². The van der Waals surface area contributed by atoms with E-state index >= 15 is 0 Å². The summed E-state index contributed by atoms with van der Waals surface area (Å²) in [5.74, 6) is 0.615. The van der Waals surface area contributed by atoms with Crippen LogP contribution in [-0.2, 0) is 0 Å². The molecular weight excluding hydrogens is 420 g/mol. The second-order valence-corrected chi connectivity index (χ2v) is 9.29. The topological polar surface area (TPSA) is 52.9 Å². The number of likely N-dealkylation sites (tertiary alicyclic amines) is 1. The van der Waals surface area contributed by atoms with Gasteiger partial charge < -0.3 is 10.0 Å². The predicted octanol–water partition coefficient (Wildman–Crippen LogP) is 7.13. The SMILES string of the molecule is CCN1CCC(c2ccc(/C(=C(/CCCO)C3=CCCC=C3)c3cccc(N=O)c3)cc2)CC1. The summed E-state index contributed by atoms with van der Waals surface area (Å²) in [5.41, 5.74) is 7.55. The fraction of sp³-hybridized carbons (Fsp3) is 0.400. The van der Waals surface area contributed by atoms with Crippen molar-refractivity contribution in [3.8, 4) is 0 Å². The van der Waals surface area contributed by atoms with Crippen molar-refractivity contribution in [1.29, 1.82) is 0 Å². The number of piperidine rings is 1. The van der Waals surface area contributed by atoms with Gasteiger partial charge in [0.25, 0.3) is 0 Å². The van der Waals surface area contributed by atoms with E-state index in [-0.39, 0.29) is 6.61 Å². The molecule has 4 rings (SSSR count). The molecule has 1 aliphatic carbocycles. The molecule has 0 saturated carbocycles. The zero-order valence-electron chi connectivity index (χ0n) is 20.2. The number of hydrogen-bond donors (Lipinski definition) is 1. The Morgan fingerprint density at radius 2 is 1.85 bits per heavy atom. The smallest absolute Gasteiger partial charge is 0.108 e. The largest absolute Gasteiger partial charge is 0.396 e. The zero-order valence-corrected chi connectivity index (χ0v) is 20.2. The number of hydrogen-bond acceptors (Lipinski definition) is 4. The van der Waals surface area contributed by atoms with Gasteiger partial charge in [0, 0.05) is 6.61 Å². The van der Waals surface area contributed by atoms with Crippen molar-refractivity contribution in [3.05, 3.63) is 99.5 Å². The Kier molecular flexibility index (Phi) is 8.62. The van der Waals surface area contributed by atoms with Gasteiger partial charge in [0.05, 0.1) is 0 Å². The Hall–Kier alpha value is -2.82. The lowest BCUT2D eigenvalue weighted by Gasteiger charge is -2.31. The highest BCUT2D eigenvalue weighted by atomic mass is 16.3. The van der Waals surface area contributed by atoms with Crippen LogP contribution in [0.1, 0.15) is 68.1 Å². The van der Waals surface area contributed by atoms with Gasteiger partial charge in [-0.3, -0.25) is 0 Å². The molecule has 2 aromatic rings. The van der Waals surface area contributed by atoms with Crippen molar-refractivity contribution < 1.29 is 5.11 Å². The normalized spacial score (nSPS) is 17.9. The van der Waals surface area contributed by atoms with Crippen molar-refractivity contribution in [2.45, 2.75) is 51.4 Å². The average molecular weight is 457 g/mol. The molecule has 2 aliphatic rings. The molecule has 1 aliphatic heterocycles. The molecule has 0 atom stereocenters. The quantitative estimate of drug-likeness (QED) is 0.408. The molecule has 0 spiro atoms. The third kappa shape index (κ3) is 5.81. The van der Waals surface area contributed by atoms with E-state index in [4.69, 9.17) is 0 Å². The van der Waals surface area contributed by atoms with Crippen LogP contribution in [0.2, 0.25) is 0 Å². The van der Waals surface area contributed by atoms with E-state index in [0.29, 0.717) is 18.0 Å². The minimum atomic E-state index is 0.152. The van der Waals surface area contributed by atoms with Crippen LogP contribution in [0.5, 0.6) is 0 Å². The molecule has 4 nitrogen and oxygen atoms in total. The fourth-order valence-corrected chi connectivity index (χ4v) is 5.24. The van der Waals surface area contributed by atoms with Gasteiger partial charge in [-0.25, -0.2) is 0 Å². The number of allylic oxidation sites excluding steroid dienone is 5. The van der Waals surface area contributed by atoms with Crippen molar-refractivity contribution in [2.75, 3.05) is 26.2 Å². The number of aliphatic hydroxyl groups is 1. The summed E-state index contributed by atoms with van der Waals surface area (Å²) >= 11 is 0. The van der Waals surface area contributed by atoms with Crippen LogP contribution < -0.4 is 0 Å². The van der Waals surface area contributed by atoms with Crippen LogP contribution in [-0.4, -0.2) is 36.2 Å². The third-order valence-electron chi connectivity index (χ3n) is 7.18. The molecule has 0 bridgehead atoms. The number of aliphatic hydroxyl groups excluding tert-OH is 1. The molecule has 1 heterocycles. The number of nitroso groups, excluding NO2 is 1. The van der Waals surface area contributed by atoms with E-state index in [9.17, 15) is 10.0 Å². The highest BCUT2D eigenvalue weighted by Gasteiger charge is 2.21. The van der Waals surface area contributed by atoms with Gasteiger partial charge in [0.2, 0.25) is 0 Å². The maximum Gasteiger partial charge on any atom is 0.108 e. The summed E-state index contributed by atoms with van der Waals surface area (Å²) in [5, 5.41) is 12.8. The Morgan fingerprint density at radius 3 is 2.50 bits per heavy atom. The first kappa shape index (κ1) is 24.3. The summed E-state index contributed by atoms with van der Waals surface area (Å²) in [6, 6.07) is 16.6. The molecule has 2 aromatic carbocycles.